The lowest BCUT2D eigenvalue weighted by molar-refractivity contribution is -0.172. The molecule has 80 heavy (non-hydrogen) atoms. The molecule has 3 aliphatic heterocycles. The van der Waals surface area contributed by atoms with Gasteiger partial charge in [0.2, 0.25) is 35.4 Å². The average Bonchev–Trinajstić information content (AvgIpc) is 4.22. The molecule has 5 heterocycles. The highest BCUT2D eigenvalue weighted by Gasteiger charge is 2.51. The number of rotatable bonds is 23. The number of ether oxygens (including phenoxy) is 2. The number of carboxylic acid groups (broad SMARTS) is 1. The minimum absolute atomic E-state index is 0.0178. The van der Waals surface area contributed by atoms with E-state index in [1.54, 1.807) is 50.2 Å². The molecule has 2 aromatic carbocycles. The molecule has 25 nitrogen and oxygen atoms in total. The SMILES string of the molecule is CC[C@@]1(O)C(=O)OCc2c1cc1n(c2=O)Cc2c-1nc1cc(F)c(C)c3c1c2[C@@H](NC(=O)C1(COCNC(=O)CNC(=O)C(Cc2ccccc2)NC(=O)CNC(=O)CNC(=O)[C@H](CNCC(=O)O)N2C(=O)C=CC2=O)CC1)CC3. The predicted octanol–water partition coefficient (Wildman–Crippen LogP) is -1.45. The van der Waals surface area contributed by atoms with Gasteiger partial charge < -0.3 is 61.5 Å². The van der Waals surface area contributed by atoms with E-state index in [0.29, 0.717) is 75.1 Å². The molecule has 5 aliphatic rings. The normalized spacial score (nSPS) is 18.7. The number of carbonyl (C=O) groups is 10. The van der Waals surface area contributed by atoms with Gasteiger partial charge in [-0.25, -0.2) is 14.2 Å². The number of carboxylic acids is 1. The van der Waals surface area contributed by atoms with Crippen molar-refractivity contribution in [2.24, 2.45) is 5.41 Å². The van der Waals surface area contributed by atoms with Gasteiger partial charge in [0.15, 0.2) is 5.60 Å². The number of pyridine rings is 2. The molecule has 4 atom stereocenters. The zero-order valence-corrected chi connectivity index (χ0v) is 43.5. The van der Waals surface area contributed by atoms with Gasteiger partial charge in [0.05, 0.1) is 73.3 Å². The number of aliphatic hydroxyl groups is 1. The number of fused-ring (bicyclic) bond motifs is 5. The Balaban J connectivity index is 0.776. The van der Waals surface area contributed by atoms with Crippen molar-refractivity contribution in [2.45, 2.75) is 89.3 Å². The fourth-order valence-electron chi connectivity index (χ4n) is 10.5. The molecule has 2 aromatic heterocycles. The topological polar surface area (TPSA) is 352 Å². The molecular weight excluding hydrogens is 1050 g/mol. The van der Waals surface area contributed by atoms with Crippen molar-refractivity contribution in [3.05, 3.63) is 110 Å². The number of aryl methyl sites for hydroxylation is 1. The van der Waals surface area contributed by atoms with Crippen LogP contribution in [-0.4, -0.2) is 142 Å². The fraction of sp³-hybridized carbons (Fsp3) is 0.407. The lowest BCUT2D eigenvalue weighted by Crippen LogP contribution is -2.56. The minimum Gasteiger partial charge on any atom is -0.480 e. The smallest absolute Gasteiger partial charge is 0.343 e. The van der Waals surface area contributed by atoms with Gasteiger partial charge >= 0.3 is 11.9 Å². The van der Waals surface area contributed by atoms with Gasteiger partial charge in [-0.3, -0.25) is 52.8 Å². The Kier molecular flexibility index (Phi) is 16.0. The molecule has 0 radical (unpaired) electrons. The third-order valence-electron chi connectivity index (χ3n) is 15.1. The molecule has 1 unspecified atom stereocenters. The van der Waals surface area contributed by atoms with Gasteiger partial charge in [0.25, 0.3) is 17.4 Å². The van der Waals surface area contributed by atoms with Crippen molar-refractivity contribution >= 4 is 70.1 Å². The second-order valence-electron chi connectivity index (χ2n) is 20.2. The molecule has 0 spiro atoms. The number of hydrogen-bond donors (Lipinski definition) is 9. The van der Waals surface area contributed by atoms with Crippen LogP contribution < -0.4 is 42.8 Å². The van der Waals surface area contributed by atoms with Crippen molar-refractivity contribution in [2.75, 3.05) is 46.1 Å². The summed E-state index contributed by atoms with van der Waals surface area (Å²) in [6.07, 6.45) is 3.57. The first-order valence-corrected chi connectivity index (χ1v) is 25.8. The molecule has 0 saturated heterocycles. The largest absolute Gasteiger partial charge is 0.480 e. The lowest BCUT2D eigenvalue weighted by atomic mass is 9.81. The van der Waals surface area contributed by atoms with Crippen LogP contribution in [0.25, 0.3) is 22.3 Å². The van der Waals surface area contributed by atoms with Gasteiger partial charge in [0, 0.05) is 47.7 Å². The number of carbonyl (C=O) groups excluding carboxylic acids is 9. The van der Waals surface area contributed by atoms with Crippen molar-refractivity contribution in [1.82, 2.24) is 51.7 Å². The number of hydrogen-bond acceptors (Lipinski definition) is 16. The van der Waals surface area contributed by atoms with Gasteiger partial charge in [-0.05, 0) is 67.3 Å². The van der Waals surface area contributed by atoms with E-state index in [-0.39, 0.29) is 56.4 Å². The number of aromatic nitrogens is 2. The first kappa shape index (κ1) is 56.0. The molecule has 8 amide bonds. The maximum Gasteiger partial charge on any atom is 0.343 e. The molecule has 4 aromatic rings. The maximum absolute atomic E-state index is 15.5. The van der Waals surface area contributed by atoms with Crippen LogP contribution >= 0.6 is 0 Å². The second kappa shape index (κ2) is 22.9. The molecule has 2 aliphatic carbocycles. The van der Waals surface area contributed by atoms with E-state index in [4.69, 9.17) is 19.6 Å². The van der Waals surface area contributed by atoms with E-state index < -0.39 is 127 Å². The number of aliphatic carboxylic acids is 1. The van der Waals surface area contributed by atoms with E-state index in [1.807, 2.05) is 0 Å². The summed E-state index contributed by atoms with van der Waals surface area (Å²) in [5, 5.41) is 38.8. The summed E-state index contributed by atoms with van der Waals surface area (Å²) in [4.78, 5) is 147. The number of benzene rings is 2. The predicted molar refractivity (Wildman–Crippen MR) is 275 cm³/mol. The van der Waals surface area contributed by atoms with Gasteiger partial charge in [0.1, 0.15) is 31.2 Å². The number of nitrogens with zero attached hydrogens (tertiary/aromatic N) is 3. The Labute approximate surface area is 454 Å². The fourth-order valence-corrected chi connectivity index (χ4v) is 10.5. The van der Waals surface area contributed by atoms with Crippen LogP contribution in [0.15, 0.2) is 59.4 Å². The van der Waals surface area contributed by atoms with Crippen LogP contribution in [0.2, 0.25) is 0 Å². The highest BCUT2D eigenvalue weighted by molar-refractivity contribution is 6.15. The summed E-state index contributed by atoms with van der Waals surface area (Å²) < 4.78 is 28.0. The number of esters is 1. The van der Waals surface area contributed by atoms with Crippen molar-refractivity contribution in [3.63, 3.8) is 0 Å². The number of nitrogens with one attached hydrogen (secondary N) is 7. The minimum atomic E-state index is -2.06. The van der Waals surface area contributed by atoms with Crippen LogP contribution in [0.5, 0.6) is 0 Å². The average molecular weight is 1110 g/mol. The number of imide groups is 1. The summed E-state index contributed by atoms with van der Waals surface area (Å²) in [6, 6.07) is 8.19. The second-order valence-corrected chi connectivity index (χ2v) is 20.2. The Hall–Kier alpha value is -8.75. The molecule has 420 valence electrons. The van der Waals surface area contributed by atoms with E-state index >= 15 is 4.39 Å². The Bertz CT molecular complexity index is 3360. The Morgan fingerprint density at radius 3 is 2.25 bits per heavy atom. The number of cyclic esters (lactones) is 1. The summed E-state index contributed by atoms with van der Waals surface area (Å²) in [5.41, 5.74) is 1.01. The van der Waals surface area contributed by atoms with Crippen LogP contribution in [0, 0.1) is 18.2 Å². The van der Waals surface area contributed by atoms with E-state index in [2.05, 4.69) is 37.2 Å². The third kappa shape index (κ3) is 11.3. The first-order valence-electron chi connectivity index (χ1n) is 25.8. The van der Waals surface area contributed by atoms with E-state index in [1.165, 1.54) is 10.6 Å². The highest BCUT2D eigenvalue weighted by Crippen LogP contribution is 2.49. The Morgan fingerprint density at radius 1 is 0.875 bits per heavy atom. The zero-order chi connectivity index (χ0) is 57.2. The van der Waals surface area contributed by atoms with Crippen molar-refractivity contribution < 1.29 is 72.0 Å². The molecule has 1 saturated carbocycles. The zero-order valence-electron chi connectivity index (χ0n) is 43.5. The van der Waals surface area contributed by atoms with E-state index in [9.17, 15) is 57.8 Å². The first-order chi connectivity index (χ1) is 38.2. The van der Waals surface area contributed by atoms with Crippen LogP contribution in [0.1, 0.15) is 77.6 Å². The van der Waals surface area contributed by atoms with E-state index in [0.717, 1.165) is 17.7 Å². The van der Waals surface area contributed by atoms with Crippen LogP contribution in [0.3, 0.4) is 0 Å². The standard InChI is InChI=1S/C54H57FN10O15/c1-3-54(78)32-16-37-47-30(23-64(37)50(75)31(32)24-80-52(54)77)46-34(10-9-29-27(2)33(55)17-35(62-47)45(29)46)63-51(76)53(13-14-53)25-79-26-60-40(67)20-58-48(73)36(15-28-7-5-4-6-8-28)61-41(68)21-57-39(66)19-59-49(74)38(18-56-22-44(71)72)65-42(69)11-12-43(65)70/h4-8,11-12,16-17,34,36,38,56,78H,3,9-10,13-15,18-26H2,1-2H3,(H,57,66)(H,58,73)(H,59,74)(H,60,67)(H,61,68)(H,63,76)(H,71,72)/t34-,36?,38-,54-/m0/s1. The molecule has 1 fully saturated rings. The van der Waals surface area contributed by atoms with Gasteiger partial charge in [-0.2, -0.15) is 0 Å². The van der Waals surface area contributed by atoms with Crippen LogP contribution in [-0.2, 0) is 89.0 Å². The van der Waals surface area contributed by atoms with Crippen LogP contribution in [0.4, 0.5) is 4.39 Å². The molecule has 0 bridgehead atoms. The van der Waals surface area contributed by atoms with Gasteiger partial charge in [-0.1, -0.05) is 37.3 Å². The molecule has 9 rings (SSSR count). The summed E-state index contributed by atoms with van der Waals surface area (Å²) in [5.74, 6) is -8.59. The lowest BCUT2D eigenvalue weighted by Gasteiger charge is -2.31. The monoisotopic (exact) mass is 1100 g/mol. The number of halogens is 1. The van der Waals surface area contributed by atoms with Crippen molar-refractivity contribution in [1.29, 1.82) is 0 Å². The summed E-state index contributed by atoms with van der Waals surface area (Å²) in [7, 11) is 0. The highest BCUT2D eigenvalue weighted by atomic mass is 19.1. The number of amides is 8. The molecular formula is C54H57FN10O15. The van der Waals surface area contributed by atoms with Gasteiger partial charge in [-0.15, -0.1) is 0 Å². The molecule has 9 N–H and O–H groups in total. The summed E-state index contributed by atoms with van der Waals surface area (Å²) in [6.45, 7) is -0.291. The Morgan fingerprint density at radius 2 is 1.56 bits per heavy atom. The summed E-state index contributed by atoms with van der Waals surface area (Å²) >= 11 is 0. The molecule has 26 heteroatoms. The maximum atomic E-state index is 15.5. The third-order valence-corrected chi connectivity index (χ3v) is 15.1. The van der Waals surface area contributed by atoms with Crippen molar-refractivity contribution in [3.8, 4) is 11.4 Å². The quantitative estimate of drug-likeness (QED) is 0.0156.